The van der Waals surface area contributed by atoms with Crippen molar-refractivity contribution >= 4 is 69.6 Å². The van der Waals surface area contributed by atoms with Crippen LogP contribution >= 0.6 is 0 Å². The maximum atomic E-state index is 17.3. The molecule has 3 aromatic heterocycles. The minimum atomic E-state index is -2.72. The summed E-state index contributed by atoms with van der Waals surface area (Å²) in [5.74, 6) is -43.7. The van der Waals surface area contributed by atoms with Crippen LogP contribution in [0.1, 0.15) is 295 Å². The highest BCUT2D eigenvalue weighted by molar-refractivity contribution is 6.19. The molecule has 0 spiro atoms. The van der Waals surface area contributed by atoms with Gasteiger partial charge in [0.15, 0.2) is 93.1 Å². The summed E-state index contributed by atoms with van der Waals surface area (Å²) in [5, 5.41) is 4.42. The number of unbranched alkanes of at least 4 members (excludes halogenated alkanes) is 20. The fourth-order valence-electron chi connectivity index (χ4n) is 21.1. The number of carbonyl (C=O) groups is 2. The van der Waals surface area contributed by atoms with Gasteiger partial charge in [-0.3, -0.25) is 9.59 Å². The van der Waals surface area contributed by atoms with Gasteiger partial charge in [-0.2, -0.15) is 0 Å². The van der Waals surface area contributed by atoms with Gasteiger partial charge in [0.1, 0.15) is 0 Å². The Labute approximate surface area is 818 Å². The van der Waals surface area contributed by atoms with Gasteiger partial charge in [-0.15, -0.1) is 0 Å². The van der Waals surface area contributed by atoms with Crippen LogP contribution in [0.25, 0.3) is 113 Å². The Bertz CT molecular complexity index is 7040. The fraction of sp³-hybridized carbons (Fsp3) is 0.293. The Hall–Kier alpha value is -14.0. The Balaban J connectivity index is 1.00. The first kappa shape index (κ1) is 101. The summed E-state index contributed by atoms with van der Waals surface area (Å²) in [6.07, 6.45) is 29.5. The maximum absolute atomic E-state index is 17.3. The summed E-state index contributed by atoms with van der Waals surface area (Å²) < 4.78 is 331. The second-order valence-electron chi connectivity index (χ2n) is 37.2. The van der Waals surface area contributed by atoms with E-state index >= 15 is 97.4 Å². The van der Waals surface area contributed by atoms with E-state index in [1.54, 1.807) is 12.1 Å². The lowest BCUT2D eigenvalue weighted by Crippen LogP contribution is -2.25. The summed E-state index contributed by atoms with van der Waals surface area (Å²) in [6.45, 7) is 8.45. The summed E-state index contributed by atoms with van der Waals surface area (Å²) >= 11 is 0. The Kier molecular flexibility index (Phi) is 30.2. The molecule has 6 aliphatic rings. The number of nitrogens with one attached hydrogen (secondary N) is 4. The number of halogens is 20. The van der Waals surface area contributed by atoms with Crippen molar-refractivity contribution in [1.29, 1.82) is 0 Å². The zero-order chi connectivity index (χ0) is 102. The molecule has 0 atom stereocenters. The van der Waals surface area contributed by atoms with E-state index in [9.17, 15) is 0 Å². The first-order chi connectivity index (χ1) is 69.4. The molecule has 4 N–H and O–H groups in total. The highest BCUT2D eigenvalue weighted by Gasteiger charge is 2.46. The number of aromatic amines is 2. The number of hydrogen-bond acceptors (Lipinski definition) is 4. The van der Waals surface area contributed by atoms with Crippen LogP contribution in [-0.4, -0.2) is 31.8 Å². The normalized spacial score (nSPS) is 13.3. The monoisotopic (exact) mass is 1980 g/mol. The van der Waals surface area contributed by atoms with Gasteiger partial charge in [0.05, 0.1) is 89.7 Å². The molecule has 8 nitrogen and oxygen atoms in total. The second kappa shape index (κ2) is 42.9. The van der Waals surface area contributed by atoms with Gasteiger partial charge in [0.25, 0.3) is 11.8 Å². The number of H-pyrrole nitrogens is 2. The van der Waals surface area contributed by atoms with Gasteiger partial charge < -0.3 is 20.6 Å². The highest BCUT2D eigenvalue weighted by atomic mass is 19.2. The topological polar surface area (TPSA) is 116 Å². The molecular weight excluding hydrogens is 1890 g/mol. The molecule has 0 saturated carbocycles. The lowest BCUT2D eigenvalue weighted by molar-refractivity contribution is 0.102. The fourth-order valence-corrected chi connectivity index (χ4v) is 21.1. The number of rotatable bonds is 32. The van der Waals surface area contributed by atoms with Gasteiger partial charge in [-0.1, -0.05) is 266 Å². The molecular formula is C116H96F20N6O2. The highest BCUT2D eigenvalue weighted by Crippen LogP contribution is 2.58. The van der Waals surface area contributed by atoms with E-state index in [4.69, 9.17) is 0 Å². The van der Waals surface area contributed by atoms with Crippen molar-refractivity contribution in [3.05, 3.63) is 316 Å². The third-order valence-corrected chi connectivity index (χ3v) is 28.3. The summed E-state index contributed by atoms with van der Waals surface area (Å²) in [6, 6.07) is 31.6. The quantitative estimate of drug-likeness (QED) is 0.0111. The standard InChI is InChI=1S/C116H96F20N6O2/c1-5-9-13-17-21-29-53-115(54-30-22-18-14-10-6-2)71-35-27-25-33-63(71)65-41-37-61(57-73(65)115)39-43-67-75-45-49-79(137-75)85(89-93(117)101(125)109(133)102(126)94(89)118)69-59-84(142-113(69)143)88(92-99(123)107(131)112(136)108(132)100(92)124)82-52-48-78(140-82)68(44-40-62-38-42-66-64-34-26-28-36-72(64)116(74(66)58-62,55-31-23-19-15-11-7-3)56-32-24-20-16-12-8-4)76-46-50-80(138-76)86(90-95(119)103(127)110(134)104(128)96(90)120)70-60-83(141-114(70)144)87(81-51-47-77(67)139-81)91-97(121)105(129)111(135)106(130)98(91)122/h25-28,33-38,41-42,45-52,57-60,137-138H,5-24,29-32,53-56H2,1-4H3,(H,141,144)(H,142,143). The van der Waals surface area contributed by atoms with Crippen LogP contribution in [0.4, 0.5) is 99.2 Å². The number of hydrogen-bond donors (Lipinski definition) is 4. The van der Waals surface area contributed by atoms with Gasteiger partial charge in [-0.25, -0.2) is 97.8 Å². The average molecular weight is 1990 g/mol. The number of anilines is 2. The maximum Gasteiger partial charge on any atom is 0.256 e. The number of amides is 2. The molecule has 0 unspecified atom stereocenters. The van der Waals surface area contributed by atoms with Crippen LogP contribution in [0.5, 0.6) is 0 Å². The molecule has 0 saturated heterocycles. The van der Waals surface area contributed by atoms with Crippen LogP contribution in [0.15, 0.2) is 121 Å². The summed E-state index contributed by atoms with van der Waals surface area (Å²) in [4.78, 5) is 45.8. The molecule has 4 aliphatic heterocycles. The molecule has 742 valence electrons. The molecule has 11 aromatic rings. The van der Waals surface area contributed by atoms with Crippen molar-refractivity contribution in [2.75, 3.05) is 10.6 Å². The van der Waals surface area contributed by atoms with Gasteiger partial charge in [0.2, 0.25) is 23.3 Å². The minimum absolute atomic E-state index is 0.261. The van der Waals surface area contributed by atoms with Crippen LogP contribution < -0.4 is 10.6 Å². The number of carbonyl (C=O) groups excluding carboxylic acids is 2. The molecule has 8 aromatic carbocycles. The Morgan fingerprint density at radius 1 is 0.243 bits per heavy atom. The number of aromatic nitrogens is 4. The predicted molar refractivity (Wildman–Crippen MR) is 520 cm³/mol. The molecule has 12 bridgehead atoms. The van der Waals surface area contributed by atoms with E-state index < -0.39 is 262 Å². The van der Waals surface area contributed by atoms with Crippen molar-refractivity contribution < 1.29 is 97.4 Å². The minimum Gasteiger partial charge on any atom is -0.354 e. The Morgan fingerprint density at radius 2 is 0.500 bits per heavy atom. The molecule has 28 heteroatoms. The van der Waals surface area contributed by atoms with E-state index in [0.717, 1.165) is 247 Å². The predicted octanol–water partition coefficient (Wildman–Crippen LogP) is 33.8. The molecule has 144 heavy (non-hydrogen) atoms. The van der Waals surface area contributed by atoms with Crippen LogP contribution in [0.2, 0.25) is 0 Å². The lowest BCUT2D eigenvalue weighted by Gasteiger charge is -2.33. The smallest absolute Gasteiger partial charge is 0.256 e. The second-order valence-corrected chi connectivity index (χ2v) is 37.2. The van der Waals surface area contributed by atoms with Gasteiger partial charge >= 0.3 is 0 Å². The molecule has 17 rings (SSSR count). The van der Waals surface area contributed by atoms with Crippen LogP contribution in [0, 0.1) is 140 Å². The molecule has 7 heterocycles. The van der Waals surface area contributed by atoms with Gasteiger partial charge in [-0.05, 0) is 155 Å². The molecule has 2 amide bonds. The largest absolute Gasteiger partial charge is 0.354 e. The number of nitrogens with zero attached hydrogens (tertiary/aromatic N) is 2. The first-order valence-corrected chi connectivity index (χ1v) is 48.8. The number of fused-ring (bicyclic) bond motifs is 18. The Morgan fingerprint density at radius 3 is 0.806 bits per heavy atom. The van der Waals surface area contributed by atoms with Crippen molar-refractivity contribution in [1.82, 2.24) is 19.9 Å². The van der Waals surface area contributed by atoms with Crippen molar-refractivity contribution in [2.24, 2.45) is 0 Å². The van der Waals surface area contributed by atoms with Gasteiger partial charge in [0, 0.05) is 55.2 Å². The van der Waals surface area contributed by atoms with Crippen LogP contribution in [-0.2, 0) is 10.8 Å². The molecule has 2 aliphatic carbocycles. The molecule has 0 radical (unpaired) electrons. The zero-order valence-electron chi connectivity index (χ0n) is 78.9. The van der Waals surface area contributed by atoms with Crippen molar-refractivity contribution in [3.8, 4) is 90.4 Å². The average Bonchev–Trinajstić information content (AvgIpc) is 1.56. The van der Waals surface area contributed by atoms with E-state index in [2.05, 4.69) is 94.1 Å². The molecule has 0 fully saturated rings. The van der Waals surface area contributed by atoms with Crippen molar-refractivity contribution in [2.45, 2.75) is 218 Å². The van der Waals surface area contributed by atoms with E-state index in [0.29, 0.717) is 37.8 Å². The summed E-state index contributed by atoms with van der Waals surface area (Å²) in [5.41, 5.74) is -16.8. The van der Waals surface area contributed by atoms with E-state index in [-0.39, 0.29) is 11.1 Å². The van der Waals surface area contributed by atoms with Crippen LogP contribution in [0.3, 0.4) is 0 Å². The van der Waals surface area contributed by atoms with Crippen molar-refractivity contribution in [3.63, 3.8) is 0 Å². The number of benzene rings is 8. The first-order valence-electron chi connectivity index (χ1n) is 48.8. The van der Waals surface area contributed by atoms with E-state index in [1.165, 1.54) is 0 Å². The zero-order valence-corrected chi connectivity index (χ0v) is 78.9. The third-order valence-electron chi connectivity index (χ3n) is 28.3. The SMILES string of the molecule is CCCCCCCCC1(CCCCCCCC)c2ccccc2-c2ccc(C#Cc3c4nc(c(-c5c(F)c(F)c(F)c(F)c5F)c5cc(c(-c6c(F)c(F)c(F)c(F)c6F)c6ccc([nH]6)c(C#Cc6ccc7c(c6)C(CCCCCCCC)(CCCCCCCC)c6ccccc6-7)c6nc(c(-c7c(F)c(F)c(F)c(F)c7F)c7cc(c(-c8c(F)c(F)c(F)c(F)c8F)c8ccc3[nH]8)C(=O)N7)C=C6)C(=O)N5)C=C4)cc21. The third kappa shape index (κ3) is 18.7. The summed E-state index contributed by atoms with van der Waals surface area (Å²) in [7, 11) is 0. The van der Waals surface area contributed by atoms with E-state index in [1.807, 2.05) is 60.7 Å². The lowest BCUT2D eigenvalue weighted by atomic mass is 9.70.